The highest BCUT2D eigenvalue weighted by Crippen LogP contribution is 2.26. The molecule has 7 heteroatoms. The van der Waals surface area contributed by atoms with Gasteiger partial charge in [-0.25, -0.2) is 0 Å². The van der Waals surface area contributed by atoms with Gasteiger partial charge in [0.05, 0.1) is 7.11 Å². The highest BCUT2D eigenvalue weighted by atomic mass is 16.5. The number of hydrogen-bond acceptors (Lipinski definition) is 6. The summed E-state index contributed by atoms with van der Waals surface area (Å²) in [5, 5.41) is 12.8. The molecule has 1 aliphatic rings. The van der Waals surface area contributed by atoms with Crippen LogP contribution in [0, 0.1) is 0 Å². The van der Waals surface area contributed by atoms with Crippen molar-refractivity contribution in [3.63, 3.8) is 0 Å². The molecule has 1 aliphatic heterocycles. The quantitative estimate of drug-likeness (QED) is 0.913. The fourth-order valence-electron chi connectivity index (χ4n) is 2.57. The Morgan fingerprint density at radius 1 is 1.45 bits per heavy atom. The van der Waals surface area contributed by atoms with Gasteiger partial charge < -0.3 is 19.3 Å². The summed E-state index contributed by atoms with van der Waals surface area (Å²) in [4.78, 5) is 18.4. The standard InChI is InChI=1S/C15H17N3O4/c1-21-12-4-2-10(3-5-12)15(20)18-7-6-11(8-18)14-16-13(9-19)22-17-14/h2-5,11,19H,6-9H2,1H3. The Hall–Kier alpha value is -2.41. The molecule has 7 nitrogen and oxygen atoms in total. The number of carbonyl (C=O) groups is 1. The summed E-state index contributed by atoms with van der Waals surface area (Å²) in [6.07, 6.45) is 0.784. The zero-order chi connectivity index (χ0) is 15.5. The molecule has 0 radical (unpaired) electrons. The predicted molar refractivity (Wildman–Crippen MR) is 76.5 cm³/mol. The van der Waals surface area contributed by atoms with E-state index in [1.54, 1.807) is 36.3 Å². The molecule has 2 aromatic rings. The fraction of sp³-hybridized carbons (Fsp3) is 0.400. The summed E-state index contributed by atoms with van der Waals surface area (Å²) < 4.78 is 9.99. The van der Waals surface area contributed by atoms with Crippen LogP contribution in [0.2, 0.25) is 0 Å². The molecule has 22 heavy (non-hydrogen) atoms. The first-order valence-corrected chi connectivity index (χ1v) is 7.08. The van der Waals surface area contributed by atoms with E-state index in [0.717, 1.165) is 12.2 Å². The van der Waals surface area contributed by atoms with Gasteiger partial charge in [-0.1, -0.05) is 5.16 Å². The summed E-state index contributed by atoms with van der Waals surface area (Å²) in [6, 6.07) is 7.06. The monoisotopic (exact) mass is 303 g/mol. The summed E-state index contributed by atoms with van der Waals surface area (Å²) in [6.45, 7) is 0.933. The number of nitrogens with zero attached hydrogens (tertiary/aromatic N) is 3. The second-order valence-electron chi connectivity index (χ2n) is 5.17. The SMILES string of the molecule is COc1ccc(C(=O)N2CCC(c3noc(CO)n3)C2)cc1. The Balaban J connectivity index is 1.67. The van der Waals surface area contributed by atoms with Gasteiger partial charge in [0, 0.05) is 24.6 Å². The summed E-state index contributed by atoms with van der Waals surface area (Å²) in [7, 11) is 1.59. The van der Waals surface area contributed by atoms with Crippen molar-refractivity contribution in [3.8, 4) is 5.75 Å². The van der Waals surface area contributed by atoms with Gasteiger partial charge in [0.15, 0.2) is 5.82 Å². The zero-order valence-electron chi connectivity index (χ0n) is 12.2. The number of hydrogen-bond donors (Lipinski definition) is 1. The number of aliphatic hydroxyl groups excluding tert-OH is 1. The van der Waals surface area contributed by atoms with Crippen LogP contribution in [-0.2, 0) is 6.61 Å². The van der Waals surface area contributed by atoms with Crippen molar-refractivity contribution in [1.29, 1.82) is 0 Å². The van der Waals surface area contributed by atoms with E-state index in [9.17, 15) is 4.79 Å². The molecular formula is C15H17N3O4. The van der Waals surface area contributed by atoms with Crippen molar-refractivity contribution < 1.29 is 19.2 Å². The van der Waals surface area contributed by atoms with Crippen LogP contribution in [0.3, 0.4) is 0 Å². The molecule has 1 N–H and O–H groups in total. The molecule has 3 rings (SSSR count). The Bertz CT molecular complexity index is 653. The van der Waals surface area contributed by atoms with Gasteiger partial charge >= 0.3 is 0 Å². The third kappa shape index (κ3) is 2.80. The number of carbonyl (C=O) groups excluding carboxylic acids is 1. The minimum Gasteiger partial charge on any atom is -0.497 e. The average Bonchev–Trinajstić information content (AvgIpc) is 3.23. The van der Waals surface area contributed by atoms with Gasteiger partial charge in [-0.15, -0.1) is 0 Å². The van der Waals surface area contributed by atoms with Gasteiger partial charge in [-0.3, -0.25) is 4.79 Å². The van der Waals surface area contributed by atoms with Crippen LogP contribution in [0.25, 0.3) is 0 Å². The van der Waals surface area contributed by atoms with Crippen molar-refractivity contribution in [2.24, 2.45) is 0 Å². The molecule has 1 aromatic heterocycles. The Morgan fingerprint density at radius 2 is 2.23 bits per heavy atom. The van der Waals surface area contributed by atoms with E-state index in [-0.39, 0.29) is 24.3 Å². The van der Waals surface area contributed by atoms with Crippen LogP contribution in [0.4, 0.5) is 0 Å². The molecule has 1 fully saturated rings. The maximum atomic E-state index is 12.5. The fourth-order valence-corrected chi connectivity index (χ4v) is 2.57. The number of likely N-dealkylation sites (tertiary alicyclic amines) is 1. The number of ether oxygens (including phenoxy) is 1. The molecule has 1 atom stereocenters. The lowest BCUT2D eigenvalue weighted by molar-refractivity contribution is 0.0790. The number of rotatable bonds is 4. The smallest absolute Gasteiger partial charge is 0.253 e. The van der Waals surface area contributed by atoms with Gasteiger partial charge in [0.1, 0.15) is 12.4 Å². The number of amides is 1. The van der Waals surface area contributed by atoms with Crippen molar-refractivity contribution in [1.82, 2.24) is 15.0 Å². The lowest BCUT2D eigenvalue weighted by Crippen LogP contribution is -2.28. The molecule has 1 unspecified atom stereocenters. The molecule has 0 aliphatic carbocycles. The van der Waals surface area contributed by atoms with Gasteiger partial charge in [-0.2, -0.15) is 4.98 Å². The van der Waals surface area contributed by atoms with E-state index in [2.05, 4.69) is 10.1 Å². The topological polar surface area (TPSA) is 88.7 Å². The first kappa shape index (κ1) is 14.5. The molecule has 0 spiro atoms. The molecule has 1 aromatic carbocycles. The predicted octanol–water partition coefficient (Wildman–Crippen LogP) is 1.20. The third-order valence-corrected chi connectivity index (χ3v) is 3.80. The Labute approximate surface area is 127 Å². The van der Waals surface area contributed by atoms with Crippen LogP contribution in [-0.4, -0.2) is 46.3 Å². The maximum absolute atomic E-state index is 12.5. The summed E-state index contributed by atoms with van der Waals surface area (Å²) >= 11 is 0. The second kappa shape index (κ2) is 6.15. The highest BCUT2D eigenvalue weighted by Gasteiger charge is 2.30. The van der Waals surface area contributed by atoms with E-state index in [1.807, 2.05) is 0 Å². The van der Waals surface area contributed by atoms with Gasteiger partial charge in [0.2, 0.25) is 0 Å². The molecular weight excluding hydrogens is 286 g/mol. The van der Waals surface area contributed by atoms with Crippen molar-refractivity contribution in [3.05, 3.63) is 41.5 Å². The third-order valence-electron chi connectivity index (χ3n) is 3.80. The summed E-state index contributed by atoms with van der Waals surface area (Å²) in [5.74, 6) is 1.51. The van der Waals surface area contributed by atoms with E-state index < -0.39 is 0 Å². The second-order valence-corrected chi connectivity index (χ2v) is 5.17. The van der Waals surface area contributed by atoms with Crippen LogP contribution < -0.4 is 4.74 Å². The maximum Gasteiger partial charge on any atom is 0.253 e. The number of methoxy groups -OCH3 is 1. The van der Waals surface area contributed by atoms with Crippen LogP contribution in [0.1, 0.15) is 34.4 Å². The van der Waals surface area contributed by atoms with Crippen molar-refractivity contribution >= 4 is 5.91 Å². The van der Waals surface area contributed by atoms with Gasteiger partial charge in [-0.05, 0) is 30.7 Å². The van der Waals surface area contributed by atoms with E-state index in [0.29, 0.717) is 24.5 Å². The minimum absolute atomic E-state index is 0.0176. The van der Waals surface area contributed by atoms with E-state index in [4.69, 9.17) is 14.4 Å². The molecule has 0 saturated carbocycles. The van der Waals surface area contributed by atoms with Crippen LogP contribution in [0.15, 0.2) is 28.8 Å². The van der Waals surface area contributed by atoms with Crippen molar-refractivity contribution in [2.45, 2.75) is 18.9 Å². The van der Waals surface area contributed by atoms with Crippen LogP contribution in [0.5, 0.6) is 5.75 Å². The Kier molecular flexibility index (Phi) is 4.06. The summed E-state index contributed by atoms with van der Waals surface area (Å²) in [5.41, 5.74) is 0.630. The van der Waals surface area contributed by atoms with Crippen molar-refractivity contribution in [2.75, 3.05) is 20.2 Å². The molecule has 116 valence electrons. The first-order valence-electron chi connectivity index (χ1n) is 7.08. The largest absolute Gasteiger partial charge is 0.497 e. The molecule has 1 amide bonds. The molecule has 2 heterocycles. The number of benzene rings is 1. The van der Waals surface area contributed by atoms with E-state index in [1.165, 1.54) is 0 Å². The molecule has 0 bridgehead atoms. The van der Waals surface area contributed by atoms with E-state index >= 15 is 0 Å². The average molecular weight is 303 g/mol. The number of aliphatic hydroxyl groups is 1. The first-order chi connectivity index (χ1) is 10.7. The normalized spacial score (nSPS) is 17.7. The highest BCUT2D eigenvalue weighted by molar-refractivity contribution is 5.94. The lowest BCUT2D eigenvalue weighted by Gasteiger charge is -2.16. The minimum atomic E-state index is -0.270. The van der Waals surface area contributed by atoms with Crippen LogP contribution >= 0.6 is 0 Å². The number of aromatic nitrogens is 2. The zero-order valence-corrected chi connectivity index (χ0v) is 12.2. The lowest BCUT2D eigenvalue weighted by atomic mass is 10.1. The molecule has 1 saturated heterocycles. The Morgan fingerprint density at radius 3 is 2.86 bits per heavy atom. The van der Waals surface area contributed by atoms with Gasteiger partial charge in [0.25, 0.3) is 11.8 Å².